The molecule has 2 aromatic carbocycles. The van der Waals surface area contributed by atoms with Crippen molar-refractivity contribution in [2.75, 3.05) is 7.11 Å². The van der Waals surface area contributed by atoms with E-state index in [2.05, 4.69) is 44.3 Å². The largest absolute Gasteiger partial charge is 0.496 e. The van der Waals surface area contributed by atoms with Crippen LogP contribution >= 0.6 is 0 Å². The molecular formula is C21H27NO2. The quantitative estimate of drug-likeness (QED) is 0.853. The number of amides is 1. The molecule has 1 atom stereocenters. The molecule has 1 N–H and O–H groups in total. The van der Waals surface area contributed by atoms with Crippen LogP contribution in [0.2, 0.25) is 0 Å². The fourth-order valence-electron chi connectivity index (χ4n) is 2.88. The minimum absolute atomic E-state index is 0.0460. The normalized spacial score (nSPS) is 11.9. The summed E-state index contributed by atoms with van der Waals surface area (Å²) in [6.45, 7) is 8.29. The SMILES string of the molecule is CCC(NC(=O)Cc1ccc(OC)c(C)c1)c1ccc(C)c(C)c1. The van der Waals surface area contributed by atoms with Crippen molar-refractivity contribution < 1.29 is 9.53 Å². The average Bonchev–Trinajstić information content (AvgIpc) is 2.55. The summed E-state index contributed by atoms with van der Waals surface area (Å²) in [6, 6.07) is 12.3. The highest BCUT2D eigenvalue weighted by Crippen LogP contribution is 2.21. The van der Waals surface area contributed by atoms with Gasteiger partial charge in [-0.15, -0.1) is 0 Å². The van der Waals surface area contributed by atoms with Crippen LogP contribution in [0.5, 0.6) is 5.75 Å². The fraction of sp³-hybridized carbons (Fsp3) is 0.381. The lowest BCUT2D eigenvalue weighted by molar-refractivity contribution is -0.121. The molecule has 0 aromatic heterocycles. The zero-order chi connectivity index (χ0) is 17.7. The first-order chi connectivity index (χ1) is 11.4. The molecule has 1 amide bonds. The maximum atomic E-state index is 12.4. The Bertz CT molecular complexity index is 722. The highest BCUT2D eigenvalue weighted by atomic mass is 16.5. The van der Waals surface area contributed by atoms with E-state index in [1.54, 1.807) is 7.11 Å². The smallest absolute Gasteiger partial charge is 0.224 e. The standard InChI is InChI=1S/C21H27NO2/c1-6-19(18-9-7-14(2)15(3)12-18)22-21(23)13-17-8-10-20(24-5)16(4)11-17/h7-12,19H,6,13H2,1-5H3,(H,22,23). The summed E-state index contributed by atoms with van der Waals surface area (Å²) in [6.07, 6.45) is 1.25. The molecule has 0 heterocycles. The van der Waals surface area contributed by atoms with Gasteiger partial charge in [0.1, 0.15) is 5.75 Å². The second-order valence-electron chi connectivity index (χ2n) is 6.35. The molecule has 3 heteroatoms. The minimum atomic E-state index is 0.0460. The van der Waals surface area contributed by atoms with E-state index in [1.165, 1.54) is 16.7 Å². The number of nitrogens with one attached hydrogen (secondary N) is 1. The summed E-state index contributed by atoms with van der Waals surface area (Å²) in [5.41, 5.74) is 5.74. The van der Waals surface area contributed by atoms with Crippen LogP contribution in [0.25, 0.3) is 0 Å². The van der Waals surface area contributed by atoms with Gasteiger partial charge in [-0.3, -0.25) is 4.79 Å². The van der Waals surface area contributed by atoms with Crippen LogP contribution in [0, 0.1) is 20.8 Å². The van der Waals surface area contributed by atoms with Gasteiger partial charge in [-0.1, -0.05) is 37.3 Å². The molecule has 0 radical (unpaired) electrons. The second kappa shape index (κ2) is 8.00. The number of methoxy groups -OCH3 is 1. The average molecular weight is 325 g/mol. The molecule has 2 rings (SSSR count). The molecule has 24 heavy (non-hydrogen) atoms. The second-order valence-corrected chi connectivity index (χ2v) is 6.35. The highest BCUT2D eigenvalue weighted by Gasteiger charge is 2.14. The predicted octanol–water partition coefficient (Wildman–Crippen LogP) is 4.43. The molecule has 128 valence electrons. The molecule has 0 saturated heterocycles. The number of carbonyl (C=O) groups excluding carboxylic acids is 1. The van der Waals surface area contributed by atoms with Crippen molar-refractivity contribution in [3.05, 3.63) is 64.2 Å². The number of ether oxygens (including phenoxy) is 1. The van der Waals surface area contributed by atoms with Gasteiger partial charge >= 0.3 is 0 Å². The van der Waals surface area contributed by atoms with Gasteiger partial charge < -0.3 is 10.1 Å². The number of aryl methyl sites for hydroxylation is 3. The first-order valence-corrected chi connectivity index (χ1v) is 8.44. The van der Waals surface area contributed by atoms with E-state index in [1.807, 2.05) is 25.1 Å². The number of hydrogen-bond acceptors (Lipinski definition) is 2. The Morgan fingerprint density at radius 1 is 1.04 bits per heavy atom. The Morgan fingerprint density at radius 2 is 1.79 bits per heavy atom. The lowest BCUT2D eigenvalue weighted by Crippen LogP contribution is -2.29. The number of hydrogen-bond donors (Lipinski definition) is 1. The van der Waals surface area contributed by atoms with E-state index in [-0.39, 0.29) is 11.9 Å². The van der Waals surface area contributed by atoms with Crippen molar-refractivity contribution in [1.29, 1.82) is 0 Å². The summed E-state index contributed by atoms with van der Waals surface area (Å²) in [5, 5.41) is 3.16. The van der Waals surface area contributed by atoms with Gasteiger partial charge in [0.15, 0.2) is 0 Å². The first-order valence-electron chi connectivity index (χ1n) is 8.44. The van der Waals surface area contributed by atoms with Gasteiger partial charge in [0.25, 0.3) is 0 Å². The lowest BCUT2D eigenvalue weighted by Gasteiger charge is -2.19. The molecule has 0 aliphatic rings. The summed E-state index contributed by atoms with van der Waals surface area (Å²) < 4.78 is 5.26. The first kappa shape index (κ1) is 18.1. The van der Waals surface area contributed by atoms with Crippen LogP contribution in [0.3, 0.4) is 0 Å². The monoisotopic (exact) mass is 325 g/mol. The molecule has 0 spiro atoms. The fourth-order valence-corrected chi connectivity index (χ4v) is 2.88. The molecule has 0 saturated carbocycles. The summed E-state index contributed by atoms with van der Waals surface area (Å²) in [5.74, 6) is 0.894. The van der Waals surface area contributed by atoms with Crippen molar-refractivity contribution >= 4 is 5.91 Å². The molecular weight excluding hydrogens is 298 g/mol. The third-order valence-electron chi connectivity index (χ3n) is 4.50. The number of rotatable bonds is 6. The lowest BCUT2D eigenvalue weighted by atomic mass is 9.99. The van der Waals surface area contributed by atoms with Crippen molar-refractivity contribution in [1.82, 2.24) is 5.32 Å². The van der Waals surface area contributed by atoms with Crippen molar-refractivity contribution in [3.63, 3.8) is 0 Å². The number of carbonyl (C=O) groups is 1. The van der Waals surface area contributed by atoms with Crippen LogP contribution in [0.15, 0.2) is 36.4 Å². The summed E-state index contributed by atoms with van der Waals surface area (Å²) in [4.78, 5) is 12.4. The zero-order valence-electron chi connectivity index (χ0n) is 15.3. The Labute approximate surface area is 145 Å². The van der Waals surface area contributed by atoms with E-state index in [9.17, 15) is 4.79 Å². The van der Waals surface area contributed by atoms with Gasteiger partial charge in [0.05, 0.1) is 19.6 Å². The third kappa shape index (κ3) is 4.38. The van der Waals surface area contributed by atoms with E-state index in [0.29, 0.717) is 6.42 Å². The van der Waals surface area contributed by atoms with E-state index in [0.717, 1.165) is 23.3 Å². The Hall–Kier alpha value is -2.29. The van der Waals surface area contributed by atoms with E-state index < -0.39 is 0 Å². The Kier molecular flexibility index (Phi) is 6.02. The van der Waals surface area contributed by atoms with E-state index in [4.69, 9.17) is 4.74 Å². The molecule has 0 bridgehead atoms. The van der Waals surface area contributed by atoms with Crippen LogP contribution in [0.4, 0.5) is 0 Å². The third-order valence-corrected chi connectivity index (χ3v) is 4.50. The van der Waals surface area contributed by atoms with Gasteiger partial charge in [-0.2, -0.15) is 0 Å². The maximum Gasteiger partial charge on any atom is 0.224 e. The molecule has 3 nitrogen and oxygen atoms in total. The number of benzene rings is 2. The minimum Gasteiger partial charge on any atom is -0.496 e. The Morgan fingerprint density at radius 3 is 2.38 bits per heavy atom. The zero-order valence-corrected chi connectivity index (χ0v) is 15.3. The van der Waals surface area contributed by atoms with E-state index >= 15 is 0 Å². The molecule has 0 fully saturated rings. The van der Waals surface area contributed by atoms with Crippen LogP contribution in [-0.2, 0) is 11.2 Å². The summed E-state index contributed by atoms with van der Waals surface area (Å²) >= 11 is 0. The predicted molar refractivity (Wildman–Crippen MR) is 98.5 cm³/mol. The Balaban J connectivity index is 2.06. The van der Waals surface area contributed by atoms with Gasteiger partial charge in [-0.25, -0.2) is 0 Å². The van der Waals surface area contributed by atoms with Crippen molar-refractivity contribution in [3.8, 4) is 5.75 Å². The van der Waals surface area contributed by atoms with Gasteiger partial charge in [0.2, 0.25) is 5.91 Å². The molecule has 0 aliphatic carbocycles. The topological polar surface area (TPSA) is 38.3 Å². The van der Waals surface area contributed by atoms with Gasteiger partial charge in [-0.05, 0) is 61.1 Å². The summed E-state index contributed by atoms with van der Waals surface area (Å²) in [7, 11) is 1.66. The van der Waals surface area contributed by atoms with Crippen LogP contribution in [-0.4, -0.2) is 13.0 Å². The molecule has 2 aromatic rings. The van der Waals surface area contributed by atoms with Gasteiger partial charge in [0, 0.05) is 0 Å². The molecule has 0 aliphatic heterocycles. The van der Waals surface area contributed by atoms with Crippen molar-refractivity contribution in [2.24, 2.45) is 0 Å². The maximum absolute atomic E-state index is 12.4. The molecule has 1 unspecified atom stereocenters. The van der Waals surface area contributed by atoms with Crippen LogP contribution in [0.1, 0.15) is 47.2 Å². The highest BCUT2D eigenvalue weighted by molar-refractivity contribution is 5.79. The van der Waals surface area contributed by atoms with Crippen LogP contribution < -0.4 is 10.1 Å². The van der Waals surface area contributed by atoms with Crippen molar-refractivity contribution in [2.45, 2.75) is 46.6 Å².